The quantitative estimate of drug-likeness (QED) is 0.520. The van der Waals surface area contributed by atoms with E-state index in [4.69, 9.17) is 0 Å². The summed E-state index contributed by atoms with van der Waals surface area (Å²) in [6.45, 7) is 3.86. The number of hydrogen-bond acceptors (Lipinski definition) is 4. The largest absolute Gasteiger partial charge is 0.355 e. The molecule has 5 heteroatoms. The average Bonchev–Trinajstić information content (AvgIpc) is 2.63. The highest BCUT2D eigenvalue weighted by molar-refractivity contribution is 7.81. The summed E-state index contributed by atoms with van der Waals surface area (Å²) in [5, 5.41) is 9.27. The van der Waals surface area contributed by atoms with Crippen LogP contribution >= 0.6 is 12.6 Å². The van der Waals surface area contributed by atoms with E-state index in [1.807, 2.05) is 26.0 Å². The number of nitrogens with one attached hydrogen (secondary N) is 3. The van der Waals surface area contributed by atoms with Gasteiger partial charge in [-0.15, -0.1) is 12.6 Å². The van der Waals surface area contributed by atoms with Crippen molar-refractivity contribution in [2.75, 3.05) is 16.0 Å². The Kier molecular flexibility index (Phi) is 1.75. The van der Waals surface area contributed by atoms with Crippen molar-refractivity contribution in [2.24, 2.45) is 0 Å². The second kappa shape index (κ2) is 2.85. The highest BCUT2D eigenvalue weighted by Crippen LogP contribution is 2.43. The first-order valence-electron chi connectivity index (χ1n) is 5.19. The minimum absolute atomic E-state index is 0.0496. The minimum Gasteiger partial charge on any atom is -0.355 e. The van der Waals surface area contributed by atoms with E-state index in [-0.39, 0.29) is 11.4 Å². The van der Waals surface area contributed by atoms with Crippen LogP contribution in [0.2, 0.25) is 0 Å². The number of fused-ring (bicyclic) bond motifs is 2. The Labute approximate surface area is 99.2 Å². The number of carbonyl (C=O) groups excluding carboxylic acids is 1. The third kappa shape index (κ3) is 1.15. The molecule has 0 aliphatic carbocycles. The SMILES string of the molecule is CC1(C)C(=O)Nc2cc3c(cc21)NC(S)N3. The smallest absolute Gasteiger partial charge is 0.234 e. The molecular weight excluding hydrogens is 222 g/mol. The molecule has 0 spiro atoms. The van der Waals surface area contributed by atoms with E-state index in [1.165, 1.54) is 0 Å². The molecule has 2 aliphatic heterocycles. The second-order valence-electron chi connectivity index (χ2n) is 4.71. The van der Waals surface area contributed by atoms with E-state index in [2.05, 4.69) is 28.6 Å². The van der Waals surface area contributed by atoms with Crippen LogP contribution in [-0.4, -0.2) is 11.4 Å². The lowest BCUT2D eigenvalue weighted by Gasteiger charge is -2.15. The number of hydrogen-bond donors (Lipinski definition) is 4. The lowest BCUT2D eigenvalue weighted by molar-refractivity contribution is -0.119. The van der Waals surface area contributed by atoms with Crippen molar-refractivity contribution in [1.29, 1.82) is 0 Å². The molecule has 0 fully saturated rings. The van der Waals surface area contributed by atoms with E-state index < -0.39 is 5.41 Å². The number of anilines is 3. The number of benzene rings is 1. The van der Waals surface area contributed by atoms with Crippen LogP contribution in [0.1, 0.15) is 19.4 Å². The van der Waals surface area contributed by atoms with Crippen LogP contribution in [0.15, 0.2) is 12.1 Å². The Morgan fingerprint density at radius 1 is 1.19 bits per heavy atom. The molecule has 84 valence electrons. The Morgan fingerprint density at radius 2 is 1.81 bits per heavy atom. The Morgan fingerprint density at radius 3 is 2.50 bits per heavy atom. The summed E-state index contributed by atoms with van der Waals surface area (Å²) in [5.74, 6) is 0.0496. The zero-order valence-electron chi connectivity index (χ0n) is 9.09. The van der Waals surface area contributed by atoms with E-state index in [0.29, 0.717) is 0 Å². The zero-order chi connectivity index (χ0) is 11.5. The normalized spacial score (nSPS) is 24.2. The summed E-state index contributed by atoms with van der Waals surface area (Å²) in [6.07, 6.45) is 0. The van der Waals surface area contributed by atoms with Gasteiger partial charge in [0.25, 0.3) is 0 Å². The van der Waals surface area contributed by atoms with Gasteiger partial charge in [0, 0.05) is 5.69 Å². The molecule has 0 saturated heterocycles. The van der Waals surface area contributed by atoms with Gasteiger partial charge in [-0.2, -0.15) is 0 Å². The van der Waals surface area contributed by atoms with Crippen molar-refractivity contribution < 1.29 is 4.79 Å². The lowest BCUT2D eigenvalue weighted by atomic mass is 9.86. The first-order valence-corrected chi connectivity index (χ1v) is 5.71. The van der Waals surface area contributed by atoms with Gasteiger partial charge in [-0.05, 0) is 31.5 Å². The summed E-state index contributed by atoms with van der Waals surface area (Å²) < 4.78 is 0. The number of rotatable bonds is 0. The minimum atomic E-state index is -0.458. The molecule has 1 atom stereocenters. The van der Waals surface area contributed by atoms with Gasteiger partial charge in [0.15, 0.2) is 0 Å². The van der Waals surface area contributed by atoms with Gasteiger partial charge < -0.3 is 16.0 Å². The van der Waals surface area contributed by atoms with E-state index in [9.17, 15) is 4.79 Å². The van der Waals surface area contributed by atoms with Crippen LogP contribution in [0.3, 0.4) is 0 Å². The zero-order valence-corrected chi connectivity index (χ0v) is 9.98. The van der Waals surface area contributed by atoms with Crippen molar-refractivity contribution in [2.45, 2.75) is 24.8 Å². The van der Waals surface area contributed by atoms with Crippen LogP contribution in [0.5, 0.6) is 0 Å². The molecule has 0 saturated carbocycles. The summed E-state index contributed by atoms with van der Waals surface area (Å²) in [7, 11) is 0. The third-order valence-electron chi connectivity index (χ3n) is 3.23. The maximum absolute atomic E-state index is 11.8. The summed E-state index contributed by atoms with van der Waals surface area (Å²) >= 11 is 4.30. The predicted molar refractivity (Wildman–Crippen MR) is 68.1 cm³/mol. The van der Waals surface area contributed by atoms with Gasteiger partial charge in [-0.1, -0.05) is 0 Å². The van der Waals surface area contributed by atoms with Crippen molar-refractivity contribution in [3.05, 3.63) is 17.7 Å². The van der Waals surface area contributed by atoms with E-state index in [0.717, 1.165) is 22.6 Å². The fourth-order valence-electron chi connectivity index (χ4n) is 2.19. The van der Waals surface area contributed by atoms with Crippen LogP contribution < -0.4 is 16.0 Å². The van der Waals surface area contributed by atoms with Gasteiger partial charge in [0.05, 0.1) is 16.8 Å². The molecule has 1 amide bonds. The maximum Gasteiger partial charge on any atom is 0.234 e. The molecule has 1 aromatic carbocycles. The molecule has 1 unspecified atom stereocenters. The van der Waals surface area contributed by atoms with Gasteiger partial charge in [-0.25, -0.2) is 0 Å². The van der Waals surface area contributed by atoms with Crippen LogP contribution in [0.4, 0.5) is 17.1 Å². The predicted octanol–water partition coefficient (Wildman–Crippen LogP) is 1.97. The third-order valence-corrected chi connectivity index (χ3v) is 3.49. The van der Waals surface area contributed by atoms with Crippen molar-refractivity contribution in [3.63, 3.8) is 0 Å². The summed E-state index contributed by atoms with van der Waals surface area (Å²) in [5.41, 5.74) is 3.40. The van der Waals surface area contributed by atoms with E-state index >= 15 is 0 Å². The molecule has 1 aromatic rings. The van der Waals surface area contributed by atoms with Crippen LogP contribution in [-0.2, 0) is 10.2 Å². The number of carbonyl (C=O) groups is 1. The molecule has 3 N–H and O–H groups in total. The van der Waals surface area contributed by atoms with Crippen molar-refractivity contribution in [1.82, 2.24) is 0 Å². The highest BCUT2D eigenvalue weighted by Gasteiger charge is 2.39. The molecule has 0 bridgehead atoms. The maximum atomic E-state index is 11.8. The van der Waals surface area contributed by atoms with Gasteiger partial charge in [0.2, 0.25) is 5.91 Å². The summed E-state index contributed by atoms with van der Waals surface area (Å²) in [6, 6.07) is 3.98. The topological polar surface area (TPSA) is 53.2 Å². The Bertz CT molecular complexity index is 498. The van der Waals surface area contributed by atoms with Crippen LogP contribution in [0.25, 0.3) is 0 Å². The van der Waals surface area contributed by atoms with Gasteiger partial charge in [0.1, 0.15) is 5.50 Å². The average molecular weight is 235 g/mol. The van der Waals surface area contributed by atoms with Gasteiger partial charge in [-0.3, -0.25) is 4.79 Å². The molecule has 2 heterocycles. The Hall–Kier alpha value is -1.36. The van der Waals surface area contributed by atoms with Crippen molar-refractivity contribution >= 4 is 35.6 Å². The lowest BCUT2D eigenvalue weighted by Crippen LogP contribution is -2.26. The molecular formula is C11H13N3OS. The molecule has 3 rings (SSSR count). The number of thiol groups is 1. The number of amides is 1. The molecule has 0 aromatic heterocycles. The second-order valence-corrected chi connectivity index (χ2v) is 5.23. The molecule has 4 nitrogen and oxygen atoms in total. The van der Waals surface area contributed by atoms with Crippen molar-refractivity contribution in [3.8, 4) is 0 Å². The summed E-state index contributed by atoms with van der Waals surface area (Å²) in [4.78, 5) is 11.8. The first kappa shape index (κ1) is 9.84. The molecule has 16 heavy (non-hydrogen) atoms. The first-order chi connectivity index (χ1) is 7.48. The standard InChI is InChI=1S/C11H13N3OS/c1-11(2)5-3-7-8(14-10(16)13-7)4-6(5)12-9(11)15/h3-4,10,13-14,16H,1-2H3,(H,12,15). The fraction of sp³-hybridized carbons (Fsp3) is 0.364. The highest BCUT2D eigenvalue weighted by atomic mass is 32.1. The monoisotopic (exact) mass is 235 g/mol. The van der Waals surface area contributed by atoms with E-state index in [1.54, 1.807) is 0 Å². The Balaban J connectivity index is 2.16. The molecule has 0 radical (unpaired) electrons. The fourth-order valence-corrected chi connectivity index (χ4v) is 2.47. The van der Waals surface area contributed by atoms with Crippen LogP contribution in [0, 0.1) is 0 Å². The molecule has 2 aliphatic rings. The van der Waals surface area contributed by atoms with Gasteiger partial charge >= 0.3 is 0 Å².